The Bertz CT molecular complexity index is 1330. The van der Waals surface area contributed by atoms with Crippen molar-refractivity contribution in [1.29, 1.82) is 0 Å². The maximum Gasteiger partial charge on any atom is 0.377 e. The molecule has 0 aliphatic rings. The second-order valence-corrected chi connectivity index (χ2v) is 8.01. The van der Waals surface area contributed by atoms with Gasteiger partial charge < -0.3 is 10.1 Å². The maximum absolute atomic E-state index is 14.9. The van der Waals surface area contributed by atoms with Crippen LogP contribution in [0, 0.1) is 0 Å². The van der Waals surface area contributed by atoms with Gasteiger partial charge in [0.15, 0.2) is 0 Å². The van der Waals surface area contributed by atoms with Crippen LogP contribution in [-0.4, -0.2) is 29.4 Å². The summed E-state index contributed by atoms with van der Waals surface area (Å²) in [7, 11) is 0. The van der Waals surface area contributed by atoms with Gasteiger partial charge in [-0.2, -0.15) is 8.78 Å². The number of hydrogen-bond donors (Lipinski definition) is 1. The van der Waals surface area contributed by atoms with Crippen LogP contribution in [0.1, 0.15) is 40.7 Å². The number of fused-ring (bicyclic) bond motifs is 1. The number of nitrogens with one attached hydrogen (secondary N) is 1. The number of nitrogens with zero attached hydrogens (tertiary/aromatic N) is 1. The van der Waals surface area contributed by atoms with E-state index in [2.05, 4.69) is 15.0 Å². The molecule has 5 nitrogen and oxygen atoms in total. The summed E-state index contributed by atoms with van der Waals surface area (Å²) in [5.74, 6) is -6.36. The molecule has 0 saturated carbocycles. The summed E-state index contributed by atoms with van der Waals surface area (Å²) >= 11 is 0. The lowest BCUT2D eigenvalue weighted by molar-refractivity contribution is -0.172. The van der Waals surface area contributed by atoms with Gasteiger partial charge in [0, 0.05) is 29.5 Å². The molecule has 0 radical (unpaired) electrons. The molecule has 0 unspecified atom stereocenters. The number of hydrogen-bond acceptors (Lipinski definition) is 4. The number of anilines is 1. The van der Waals surface area contributed by atoms with Gasteiger partial charge in [-0.3, -0.25) is 9.78 Å². The van der Waals surface area contributed by atoms with Crippen LogP contribution in [0.25, 0.3) is 10.9 Å². The number of esters is 1. The van der Waals surface area contributed by atoms with Gasteiger partial charge in [-0.15, -0.1) is 0 Å². The van der Waals surface area contributed by atoms with Crippen molar-refractivity contribution in [2.45, 2.75) is 25.2 Å². The Labute approximate surface area is 201 Å². The Hall–Kier alpha value is -4.13. The van der Waals surface area contributed by atoms with E-state index in [-0.39, 0.29) is 12.5 Å². The van der Waals surface area contributed by atoms with Crippen LogP contribution in [0.15, 0.2) is 91.1 Å². The molecule has 35 heavy (non-hydrogen) atoms. The summed E-state index contributed by atoms with van der Waals surface area (Å²) in [6, 6.07) is 24.4. The van der Waals surface area contributed by atoms with E-state index in [4.69, 9.17) is 0 Å². The highest BCUT2D eigenvalue weighted by molar-refractivity contribution is 6.08. The third-order valence-electron chi connectivity index (χ3n) is 5.70. The monoisotopic (exact) mass is 474 g/mol. The Morgan fingerprint density at radius 2 is 1.63 bits per heavy atom. The first-order valence-corrected chi connectivity index (χ1v) is 11.2. The SMILES string of the molecule is CCOC(=O)C(F)(F)C[C@@H](c1ccccc1)c1ccc(NC(=O)c2ccccc2)c2ncccc12. The van der Waals surface area contributed by atoms with Crippen molar-refractivity contribution >= 4 is 28.5 Å². The van der Waals surface area contributed by atoms with Gasteiger partial charge in [0.1, 0.15) is 0 Å². The number of carbonyl (C=O) groups is 2. The van der Waals surface area contributed by atoms with E-state index in [1.807, 2.05) is 6.07 Å². The Kier molecular flexibility index (Phi) is 7.15. The van der Waals surface area contributed by atoms with Gasteiger partial charge >= 0.3 is 11.9 Å². The maximum atomic E-state index is 14.9. The zero-order chi connectivity index (χ0) is 24.8. The lowest BCUT2D eigenvalue weighted by Crippen LogP contribution is -2.33. The lowest BCUT2D eigenvalue weighted by atomic mass is 9.84. The van der Waals surface area contributed by atoms with E-state index in [9.17, 15) is 18.4 Å². The fourth-order valence-corrected chi connectivity index (χ4v) is 4.05. The number of rotatable bonds is 8. The van der Waals surface area contributed by atoms with Gasteiger partial charge in [-0.05, 0) is 42.3 Å². The third kappa shape index (κ3) is 5.35. The molecule has 0 spiro atoms. The predicted molar refractivity (Wildman–Crippen MR) is 131 cm³/mol. The smallest absolute Gasteiger partial charge is 0.377 e. The average molecular weight is 475 g/mol. The summed E-state index contributed by atoms with van der Waals surface area (Å²) in [6.45, 7) is 1.36. The Balaban J connectivity index is 1.77. The summed E-state index contributed by atoms with van der Waals surface area (Å²) in [5, 5.41) is 3.47. The number of ether oxygens (including phenoxy) is 1. The standard InChI is InChI=1S/C28H24F2N2O3/c1-2-35-27(34)28(29,30)18-23(19-10-5-3-6-11-19)21-15-16-24(25-22(21)14-9-17-31-25)32-26(33)20-12-7-4-8-13-20/h3-17,23H,2,18H2,1H3,(H,32,33)/t23-/m0/s1. The van der Waals surface area contributed by atoms with Crippen LogP contribution in [-0.2, 0) is 9.53 Å². The third-order valence-corrected chi connectivity index (χ3v) is 5.70. The van der Waals surface area contributed by atoms with Crippen LogP contribution >= 0.6 is 0 Å². The highest BCUT2D eigenvalue weighted by atomic mass is 19.3. The van der Waals surface area contributed by atoms with Crippen LogP contribution in [0.3, 0.4) is 0 Å². The van der Waals surface area contributed by atoms with Crippen LogP contribution in [0.5, 0.6) is 0 Å². The first-order valence-electron chi connectivity index (χ1n) is 11.2. The molecule has 7 heteroatoms. The van der Waals surface area contributed by atoms with Crippen molar-refractivity contribution in [3.05, 3.63) is 108 Å². The van der Waals surface area contributed by atoms with Crippen LogP contribution < -0.4 is 5.32 Å². The van der Waals surface area contributed by atoms with Crippen LogP contribution in [0.4, 0.5) is 14.5 Å². The second kappa shape index (κ2) is 10.4. The predicted octanol–water partition coefficient (Wildman–Crippen LogP) is 6.21. The normalized spacial score (nSPS) is 12.2. The molecule has 4 aromatic rings. The van der Waals surface area contributed by atoms with E-state index in [1.54, 1.807) is 85.1 Å². The summed E-state index contributed by atoms with van der Waals surface area (Å²) in [4.78, 5) is 29.2. The van der Waals surface area contributed by atoms with Crippen molar-refractivity contribution in [3.63, 3.8) is 0 Å². The fourth-order valence-electron chi connectivity index (χ4n) is 4.05. The zero-order valence-electron chi connectivity index (χ0n) is 19.1. The quantitative estimate of drug-likeness (QED) is 0.309. The van der Waals surface area contributed by atoms with Gasteiger partial charge in [-0.25, -0.2) is 4.79 Å². The van der Waals surface area contributed by atoms with E-state index < -0.39 is 24.2 Å². The largest absolute Gasteiger partial charge is 0.462 e. The van der Waals surface area contributed by atoms with Crippen molar-refractivity contribution in [2.24, 2.45) is 0 Å². The van der Waals surface area contributed by atoms with Gasteiger partial charge in [0.25, 0.3) is 5.91 Å². The van der Waals surface area contributed by atoms with Gasteiger partial charge in [0.05, 0.1) is 17.8 Å². The Morgan fingerprint density at radius 3 is 2.31 bits per heavy atom. The van der Waals surface area contributed by atoms with Crippen LogP contribution in [0.2, 0.25) is 0 Å². The summed E-state index contributed by atoms with van der Waals surface area (Å²) < 4.78 is 34.5. The molecule has 0 aliphatic heterocycles. The number of benzene rings is 3. The molecule has 1 heterocycles. The molecule has 178 valence electrons. The molecule has 1 atom stereocenters. The highest BCUT2D eigenvalue weighted by Gasteiger charge is 2.43. The molecule has 3 aromatic carbocycles. The number of pyridine rings is 1. The minimum atomic E-state index is -3.69. The molecule has 0 saturated heterocycles. The minimum absolute atomic E-state index is 0.132. The van der Waals surface area contributed by atoms with Gasteiger partial charge in [-0.1, -0.05) is 60.7 Å². The first-order chi connectivity index (χ1) is 16.9. The molecule has 0 aliphatic carbocycles. The molecule has 1 amide bonds. The fraction of sp³-hybridized carbons (Fsp3) is 0.179. The Morgan fingerprint density at radius 1 is 0.943 bits per heavy atom. The first kappa shape index (κ1) is 24.0. The molecule has 4 rings (SSSR count). The summed E-state index contributed by atoms with van der Waals surface area (Å²) in [5.41, 5.74) is 2.61. The average Bonchev–Trinajstić information content (AvgIpc) is 2.89. The van der Waals surface area contributed by atoms with Crippen molar-refractivity contribution in [2.75, 3.05) is 11.9 Å². The number of aromatic nitrogens is 1. The minimum Gasteiger partial charge on any atom is -0.462 e. The zero-order valence-corrected chi connectivity index (χ0v) is 19.1. The molecule has 0 bridgehead atoms. The molecule has 1 aromatic heterocycles. The topological polar surface area (TPSA) is 68.3 Å². The second-order valence-electron chi connectivity index (χ2n) is 8.01. The number of amides is 1. The lowest BCUT2D eigenvalue weighted by Gasteiger charge is -2.24. The van der Waals surface area contributed by atoms with E-state index in [0.717, 1.165) is 0 Å². The number of carbonyl (C=O) groups excluding carboxylic acids is 2. The molecule has 0 fully saturated rings. The van der Waals surface area contributed by atoms with Crippen molar-refractivity contribution in [3.8, 4) is 0 Å². The van der Waals surface area contributed by atoms with E-state index >= 15 is 0 Å². The van der Waals surface area contributed by atoms with E-state index in [1.165, 1.54) is 6.92 Å². The molecular weight excluding hydrogens is 450 g/mol. The van der Waals surface area contributed by atoms with Crippen molar-refractivity contribution in [1.82, 2.24) is 4.98 Å². The number of alkyl halides is 2. The van der Waals surface area contributed by atoms with E-state index in [0.29, 0.717) is 33.3 Å². The highest BCUT2D eigenvalue weighted by Crippen LogP contribution is 2.40. The van der Waals surface area contributed by atoms with Crippen molar-refractivity contribution < 1.29 is 23.1 Å². The molecule has 1 N–H and O–H groups in total. The van der Waals surface area contributed by atoms with Gasteiger partial charge in [0.2, 0.25) is 0 Å². The molecular formula is C28H24F2N2O3. The number of halogens is 2. The summed E-state index contributed by atoms with van der Waals surface area (Å²) in [6.07, 6.45) is 0.810.